The summed E-state index contributed by atoms with van der Waals surface area (Å²) in [5, 5.41) is 34.1. The average Bonchev–Trinajstić information content (AvgIpc) is 3.55. The fourth-order valence-electron chi connectivity index (χ4n) is 5.05. The van der Waals surface area contributed by atoms with Crippen LogP contribution in [0.15, 0.2) is 84.0 Å². The molecule has 1 fully saturated rings. The lowest BCUT2D eigenvalue weighted by Crippen LogP contribution is -2.31. The summed E-state index contributed by atoms with van der Waals surface area (Å²) in [7, 11) is 0. The van der Waals surface area contributed by atoms with E-state index in [2.05, 4.69) is 20.8 Å². The monoisotopic (exact) mass is 631 g/mol. The fraction of sp³-hybridized carbons (Fsp3) is 0.364. The molecule has 1 saturated heterocycles. The molecule has 0 aliphatic carbocycles. The maximum Gasteiger partial charge on any atom is 0.303 e. The van der Waals surface area contributed by atoms with E-state index < -0.39 is 12.3 Å². The molecule has 2 heterocycles. The Bertz CT molecular complexity index is 1520. The lowest BCUT2D eigenvalue weighted by molar-refractivity contribution is -0.245. The van der Waals surface area contributed by atoms with Crippen molar-refractivity contribution in [2.75, 3.05) is 11.1 Å². The van der Waals surface area contributed by atoms with Crippen molar-refractivity contribution in [2.45, 2.75) is 75.2 Å². The van der Waals surface area contributed by atoms with Crippen LogP contribution in [-0.4, -0.2) is 54.2 Å². The van der Waals surface area contributed by atoms with Crippen LogP contribution in [0.4, 0.5) is 5.69 Å². The maximum atomic E-state index is 12.4. The predicted molar refractivity (Wildman–Crippen MR) is 169 cm³/mol. The third-order valence-electron chi connectivity index (χ3n) is 7.47. The number of amides is 1. The molecule has 12 heteroatoms. The number of carboxylic acid groups (broad SMARTS) is 1. The van der Waals surface area contributed by atoms with Crippen molar-refractivity contribution in [1.82, 2.24) is 20.2 Å². The lowest BCUT2D eigenvalue weighted by atomic mass is 10.0. The first-order valence-electron chi connectivity index (χ1n) is 15.1. The second-order valence-electron chi connectivity index (χ2n) is 10.8. The van der Waals surface area contributed by atoms with Gasteiger partial charge < -0.3 is 25.0 Å². The summed E-state index contributed by atoms with van der Waals surface area (Å²) in [6.07, 6.45) is 3.09. The number of carbonyl (C=O) groups is 2. The second-order valence-corrected chi connectivity index (χ2v) is 11.8. The molecule has 1 aliphatic heterocycles. The summed E-state index contributed by atoms with van der Waals surface area (Å²) < 4.78 is 14.6. The minimum Gasteiger partial charge on any atom is -0.481 e. The number of rotatable bonds is 15. The molecule has 236 valence electrons. The van der Waals surface area contributed by atoms with E-state index in [1.54, 1.807) is 4.68 Å². The number of hydrogen-bond donors (Lipinski definition) is 3. The highest BCUT2D eigenvalue weighted by Crippen LogP contribution is 2.39. The third kappa shape index (κ3) is 9.44. The highest BCUT2D eigenvalue weighted by molar-refractivity contribution is 7.99. The van der Waals surface area contributed by atoms with Crippen LogP contribution in [-0.2, 0) is 25.7 Å². The Morgan fingerprint density at radius 3 is 2.31 bits per heavy atom. The van der Waals surface area contributed by atoms with E-state index in [-0.39, 0.29) is 31.1 Å². The van der Waals surface area contributed by atoms with E-state index in [1.807, 2.05) is 78.9 Å². The molecule has 1 aromatic heterocycles. The van der Waals surface area contributed by atoms with Crippen LogP contribution >= 0.6 is 11.8 Å². The highest BCUT2D eigenvalue weighted by atomic mass is 32.2. The molecule has 3 aromatic carbocycles. The fourth-order valence-corrected chi connectivity index (χ4v) is 5.96. The minimum atomic E-state index is -0.788. The number of benzene rings is 3. The number of aliphatic hydroxyl groups excluding tert-OH is 1. The van der Waals surface area contributed by atoms with Gasteiger partial charge in [0.1, 0.15) is 0 Å². The molecule has 0 saturated carbocycles. The molecular weight excluding hydrogens is 594 g/mol. The quantitative estimate of drug-likeness (QED) is 0.108. The van der Waals surface area contributed by atoms with Crippen molar-refractivity contribution in [3.05, 3.63) is 95.6 Å². The minimum absolute atomic E-state index is 0.0252. The van der Waals surface area contributed by atoms with Crippen LogP contribution in [0.5, 0.6) is 0 Å². The molecule has 0 spiro atoms. The van der Waals surface area contributed by atoms with Gasteiger partial charge in [0.25, 0.3) is 0 Å². The van der Waals surface area contributed by atoms with Gasteiger partial charge in [0.2, 0.25) is 11.1 Å². The summed E-state index contributed by atoms with van der Waals surface area (Å²) in [6, 6.07) is 24.9. The number of anilines is 1. The summed E-state index contributed by atoms with van der Waals surface area (Å²) in [4.78, 5) is 23.0. The number of aliphatic carboxylic acids is 1. The summed E-state index contributed by atoms with van der Waals surface area (Å²) in [5.74, 6) is -0.265. The van der Waals surface area contributed by atoms with Crippen molar-refractivity contribution in [1.29, 1.82) is 0 Å². The van der Waals surface area contributed by atoms with Crippen molar-refractivity contribution >= 4 is 29.3 Å². The Balaban J connectivity index is 1.22. The molecule has 4 aromatic rings. The predicted octanol–water partition coefficient (Wildman–Crippen LogP) is 5.86. The number of nitrogens with zero attached hydrogens (tertiary/aromatic N) is 4. The highest BCUT2D eigenvalue weighted by Gasteiger charge is 2.32. The number of carbonyl (C=O) groups excluding carboxylic acids is 1. The van der Waals surface area contributed by atoms with Gasteiger partial charge in [0.15, 0.2) is 6.29 Å². The van der Waals surface area contributed by atoms with E-state index in [4.69, 9.17) is 14.6 Å². The van der Waals surface area contributed by atoms with Crippen LogP contribution in [0, 0.1) is 0 Å². The van der Waals surface area contributed by atoms with E-state index >= 15 is 0 Å². The number of para-hydroxylation sites is 1. The molecule has 3 unspecified atom stereocenters. The standard InChI is InChI=1S/C33H37N5O6S/c39-21-23-12-14-24(15-13-23)29-20-28(22-45-33-35-36-37-38(33)27-8-4-3-5-9-27)43-32(44-29)25-16-18-26(19-17-25)34-30(40)10-6-1-2-7-11-31(41)42/h3-5,8-9,12-19,28-29,32,39H,1-2,6-7,10-11,20-22H2,(H,34,40)(H,41,42). The van der Waals surface area contributed by atoms with Crippen LogP contribution in [0.3, 0.4) is 0 Å². The first-order chi connectivity index (χ1) is 22.0. The molecule has 0 bridgehead atoms. The van der Waals surface area contributed by atoms with Crippen molar-refractivity contribution < 1.29 is 29.3 Å². The topological polar surface area (TPSA) is 149 Å². The van der Waals surface area contributed by atoms with Gasteiger partial charge in [-0.05, 0) is 58.7 Å². The Morgan fingerprint density at radius 2 is 1.60 bits per heavy atom. The number of aromatic nitrogens is 4. The molecule has 3 atom stereocenters. The number of unbranched alkanes of at least 4 members (excludes halogenated alkanes) is 3. The van der Waals surface area contributed by atoms with Crippen LogP contribution in [0.25, 0.3) is 5.69 Å². The molecule has 11 nitrogen and oxygen atoms in total. The van der Waals surface area contributed by atoms with Crippen molar-refractivity contribution in [3.8, 4) is 5.69 Å². The first kappa shape index (κ1) is 32.3. The van der Waals surface area contributed by atoms with Crippen molar-refractivity contribution in [3.63, 3.8) is 0 Å². The number of ether oxygens (including phenoxy) is 2. The van der Waals surface area contributed by atoms with Gasteiger partial charge in [0.05, 0.1) is 24.5 Å². The molecule has 1 aliphatic rings. The Morgan fingerprint density at radius 1 is 0.889 bits per heavy atom. The Kier molecular flexibility index (Phi) is 11.7. The SMILES string of the molecule is O=C(O)CCCCCCC(=O)Nc1ccc(C2OC(CSc3nnnn3-c3ccccc3)CC(c3ccc(CO)cc3)O2)cc1. The molecule has 1 amide bonds. The number of nitrogens with one attached hydrogen (secondary N) is 1. The van der Waals surface area contributed by atoms with Gasteiger partial charge >= 0.3 is 5.97 Å². The molecule has 0 radical (unpaired) electrons. The van der Waals surface area contributed by atoms with E-state index in [9.17, 15) is 14.7 Å². The summed E-state index contributed by atoms with van der Waals surface area (Å²) in [5.41, 5.74) is 4.21. The van der Waals surface area contributed by atoms with Crippen LogP contribution < -0.4 is 5.32 Å². The van der Waals surface area contributed by atoms with Crippen LogP contribution in [0.2, 0.25) is 0 Å². The normalized spacial score (nSPS) is 18.0. The van der Waals surface area contributed by atoms with Gasteiger partial charge in [-0.2, -0.15) is 4.68 Å². The smallest absolute Gasteiger partial charge is 0.303 e. The molecule has 5 rings (SSSR count). The number of carboxylic acids is 1. The zero-order valence-electron chi connectivity index (χ0n) is 24.8. The van der Waals surface area contributed by atoms with E-state index in [1.165, 1.54) is 11.8 Å². The van der Waals surface area contributed by atoms with Gasteiger partial charge in [-0.1, -0.05) is 79.2 Å². The van der Waals surface area contributed by atoms with Crippen LogP contribution in [0.1, 0.15) is 74.0 Å². The number of thioether (sulfide) groups is 1. The zero-order valence-corrected chi connectivity index (χ0v) is 25.6. The number of hydrogen-bond acceptors (Lipinski definition) is 9. The first-order valence-corrected chi connectivity index (χ1v) is 16.1. The van der Waals surface area contributed by atoms with Gasteiger partial charge in [-0.3, -0.25) is 9.59 Å². The largest absolute Gasteiger partial charge is 0.481 e. The third-order valence-corrected chi connectivity index (χ3v) is 8.52. The average molecular weight is 632 g/mol. The van der Waals surface area contributed by atoms with E-state index in [0.29, 0.717) is 42.3 Å². The van der Waals surface area contributed by atoms with Gasteiger partial charge in [-0.15, -0.1) is 5.10 Å². The Hall–Kier alpha value is -4.10. The number of aliphatic hydroxyl groups is 1. The maximum absolute atomic E-state index is 12.4. The summed E-state index contributed by atoms with van der Waals surface area (Å²) in [6.45, 7) is -0.0252. The molecule has 3 N–H and O–H groups in total. The second kappa shape index (κ2) is 16.3. The van der Waals surface area contributed by atoms with Gasteiger partial charge in [0, 0.05) is 36.3 Å². The van der Waals surface area contributed by atoms with Crippen molar-refractivity contribution in [2.24, 2.45) is 0 Å². The van der Waals surface area contributed by atoms with E-state index in [0.717, 1.165) is 35.2 Å². The summed E-state index contributed by atoms with van der Waals surface area (Å²) >= 11 is 1.52. The lowest BCUT2D eigenvalue weighted by Gasteiger charge is -2.36. The molecule has 45 heavy (non-hydrogen) atoms. The van der Waals surface area contributed by atoms with Gasteiger partial charge in [-0.25, -0.2) is 0 Å². The molecular formula is C33H37N5O6S. The number of tetrazole rings is 1. The zero-order chi connectivity index (χ0) is 31.4. The Labute approximate surface area is 266 Å².